The zero-order valence-electron chi connectivity index (χ0n) is 12.2. The van der Waals surface area contributed by atoms with E-state index in [1.807, 2.05) is 6.07 Å². The third-order valence-corrected chi connectivity index (χ3v) is 4.36. The van der Waals surface area contributed by atoms with Crippen LogP contribution in [0.2, 0.25) is 0 Å². The first-order chi connectivity index (χ1) is 9.79. The molecule has 1 aromatic heterocycles. The van der Waals surface area contributed by atoms with Gasteiger partial charge in [-0.05, 0) is 18.4 Å². The summed E-state index contributed by atoms with van der Waals surface area (Å²) in [4.78, 5) is 4.84. The molecule has 20 heavy (non-hydrogen) atoms. The van der Waals surface area contributed by atoms with Gasteiger partial charge in [-0.1, -0.05) is 50.1 Å². The fourth-order valence-electron chi connectivity index (χ4n) is 3.25. The first-order valence-electron chi connectivity index (χ1n) is 7.68. The van der Waals surface area contributed by atoms with Gasteiger partial charge in [0.1, 0.15) is 11.6 Å². The number of rotatable bonds is 4. The lowest BCUT2D eigenvalue weighted by Crippen LogP contribution is -2.08. The summed E-state index contributed by atoms with van der Waals surface area (Å²) in [5, 5.41) is 0. The maximum atomic E-state index is 6.41. The van der Waals surface area contributed by atoms with Gasteiger partial charge in [-0.3, -0.25) is 0 Å². The van der Waals surface area contributed by atoms with Crippen LogP contribution in [0.5, 0.6) is 0 Å². The molecule has 2 N–H and O–H groups in total. The van der Waals surface area contributed by atoms with Crippen molar-refractivity contribution in [1.82, 2.24) is 9.55 Å². The molecule has 1 aliphatic carbocycles. The number of imidazole rings is 1. The standard InChI is InChI=1S/C17H23N3/c1-2-15-19-16(14-10-6-7-11-14)17(18)20(15)12-13-8-4-3-5-9-13/h3-5,8-9,14H,2,6-7,10-12,18H2,1H3. The second kappa shape index (κ2) is 5.70. The van der Waals surface area contributed by atoms with Gasteiger partial charge in [0.2, 0.25) is 0 Å². The molecule has 0 unspecified atom stereocenters. The molecule has 1 fully saturated rings. The fraction of sp³-hybridized carbons (Fsp3) is 0.471. The fourth-order valence-corrected chi connectivity index (χ4v) is 3.25. The molecule has 0 radical (unpaired) electrons. The van der Waals surface area contributed by atoms with Crippen LogP contribution in [0.15, 0.2) is 30.3 Å². The molecule has 0 bridgehead atoms. The topological polar surface area (TPSA) is 43.8 Å². The molecule has 3 nitrogen and oxygen atoms in total. The number of benzene rings is 1. The average molecular weight is 269 g/mol. The molecule has 2 aromatic rings. The van der Waals surface area contributed by atoms with Crippen LogP contribution in [0, 0.1) is 0 Å². The Kier molecular flexibility index (Phi) is 3.77. The van der Waals surface area contributed by atoms with E-state index in [0.717, 1.165) is 30.3 Å². The van der Waals surface area contributed by atoms with Crippen molar-refractivity contribution in [3.8, 4) is 0 Å². The van der Waals surface area contributed by atoms with E-state index >= 15 is 0 Å². The Hall–Kier alpha value is -1.77. The lowest BCUT2D eigenvalue weighted by atomic mass is 10.0. The third-order valence-electron chi connectivity index (χ3n) is 4.36. The largest absolute Gasteiger partial charge is 0.384 e. The SMILES string of the molecule is CCc1nc(C2CCCC2)c(N)n1Cc1ccccc1. The number of nitrogens with zero attached hydrogens (tertiary/aromatic N) is 2. The van der Waals surface area contributed by atoms with Crippen molar-refractivity contribution in [2.75, 3.05) is 5.73 Å². The van der Waals surface area contributed by atoms with Gasteiger partial charge in [0.05, 0.1) is 12.2 Å². The van der Waals surface area contributed by atoms with Crippen LogP contribution >= 0.6 is 0 Å². The highest BCUT2D eigenvalue weighted by atomic mass is 15.1. The van der Waals surface area contributed by atoms with Gasteiger partial charge in [-0.25, -0.2) is 4.98 Å². The summed E-state index contributed by atoms with van der Waals surface area (Å²) in [5.41, 5.74) is 8.84. The molecule has 0 amide bonds. The van der Waals surface area contributed by atoms with Crippen LogP contribution in [0.4, 0.5) is 5.82 Å². The van der Waals surface area contributed by atoms with Crippen LogP contribution in [0.1, 0.15) is 55.6 Å². The van der Waals surface area contributed by atoms with Crippen molar-refractivity contribution in [1.29, 1.82) is 0 Å². The predicted octanol–water partition coefficient (Wildman–Crippen LogP) is 3.73. The van der Waals surface area contributed by atoms with Crippen LogP contribution in [-0.2, 0) is 13.0 Å². The van der Waals surface area contributed by atoms with E-state index in [0.29, 0.717) is 5.92 Å². The minimum Gasteiger partial charge on any atom is -0.384 e. The first-order valence-corrected chi connectivity index (χ1v) is 7.68. The highest BCUT2D eigenvalue weighted by Gasteiger charge is 2.24. The summed E-state index contributed by atoms with van der Waals surface area (Å²) in [7, 11) is 0. The number of nitrogens with two attached hydrogens (primary N) is 1. The average Bonchev–Trinajstić information content (AvgIpc) is 3.10. The summed E-state index contributed by atoms with van der Waals surface area (Å²) < 4.78 is 2.20. The van der Waals surface area contributed by atoms with Gasteiger partial charge in [-0.2, -0.15) is 0 Å². The Balaban J connectivity index is 1.93. The van der Waals surface area contributed by atoms with Gasteiger partial charge >= 0.3 is 0 Å². The second-order valence-electron chi connectivity index (χ2n) is 5.71. The van der Waals surface area contributed by atoms with E-state index in [4.69, 9.17) is 10.7 Å². The molecule has 3 heteroatoms. The van der Waals surface area contributed by atoms with Gasteiger partial charge in [0.15, 0.2) is 0 Å². The molecular weight excluding hydrogens is 246 g/mol. The maximum Gasteiger partial charge on any atom is 0.127 e. The molecule has 1 aliphatic rings. The molecular formula is C17H23N3. The molecule has 0 atom stereocenters. The van der Waals surface area contributed by atoms with Crippen molar-refractivity contribution in [3.05, 3.63) is 47.4 Å². The molecule has 0 saturated heterocycles. The van der Waals surface area contributed by atoms with Crippen molar-refractivity contribution in [2.24, 2.45) is 0 Å². The van der Waals surface area contributed by atoms with Crippen LogP contribution in [-0.4, -0.2) is 9.55 Å². The zero-order chi connectivity index (χ0) is 13.9. The van der Waals surface area contributed by atoms with Gasteiger partial charge in [-0.15, -0.1) is 0 Å². The van der Waals surface area contributed by atoms with Crippen molar-refractivity contribution in [3.63, 3.8) is 0 Å². The minimum absolute atomic E-state index is 0.581. The van der Waals surface area contributed by atoms with Gasteiger partial charge < -0.3 is 10.3 Å². The smallest absolute Gasteiger partial charge is 0.127 e. The number of hydrogen-bond donors (Lipinski definition) is 1. The lowest BCUT2D eigenvalue weighted by molar-refractivity contribution is 0.701. The van der Waals surface area contributed by atoms with Gasteiger partial charge in [0, 0.05) is 12.3 Å². The number of aromatic nitrogens is 2. The van der Waals surface area contributed by atoms with Crippen molar-refractivity contribution >= 4 is 5.82 Å². The molecule has 1 aromatic carbocycles. The Bertz CT molecular complexity index is 565. The zero-order valence-corrected chi connectivity index (χ0v) is 12.2. The Morgan fingerprint density at radius 1 is 1.20 bits per heavy atom. The van der Waals surface area contributed by atoms with E-state index in [1.165, 1.54) is 31.2 Å². The van der Waals surface area contributed by atoms with Crippen LogP contribution in [0.25, 0.3) is 0 Å². The predicted molar refractivity (Wildman–Crippen MR) is 82.8 cm³/mol. The number of nitrogen functional groups attached to an aromatic ring is 1. The summed E-state index contributed by atoms with van der Waals surface area (Å²) in [6.45, 7) is 2.98. The summed E-state index contributed by atoms with van der Waals surface area (Å²) >= 11 is 0. The van der Waals surface area contributed by atoms with Crippen molar-refractivity contribution in [2.45, 2.75) is 51.5 Å². The molecule has 1 heterocycles. The van der Waals surface area contributed by atoms with Crippen LogP contribution < -0.4 is 5.73 Å². The highest BCUT2D eigenvalue weighted by Crippen LogP contribution is 2.36. The normalized spacial score (nSPS) is 15.8. The van der Waals surface area contributed by atoms with E-state index < -0.39 is 0 Å². The lowest BCUT2D eigenvalue weighted by Gasteiger charge is -2.10. The summed E-state index contributed by atoms with van der Waals surface area (Å²) in [6.07, 6.45) is 6.06. The molecule has 3 rings (SSSR count). The van der Waals surface area contributed by atoms with Gasteiger partial charge in [0.25, 0.3) is 0 Å². The summed E-state index contributed by atoms with van der Waals surface area (Å²) in [5.74, 6) is 2.59. The Labute approximate surface area is 120 Å². The molecule has 106 valence electrons. The third kappa shape index (κ3) is 2.45. The Morgan fingerprint density at radius 3 is 2.55 bits per heavy atom. The van der Waals surface area contributed by atoms with E-state index in [1.54, 1.807) is 0 Å². The highest BCUT2D eigenvalue weighted by molar-refractivity contribution is 5.42. The second-order valence-corrected chi connectivity index (χ2v) is 5.71. The quantitative estimate of drug-likeness (QED) is 0.919. The first kappa shape index (κ1) is 13.2. The maximum absolute atomic E-state index is 6.41. The monoisotopic (exact) mass is 269 g/mol. The minimum atomic E-state index is 0.581. The Morgan fingerprint density at radius 2 is 1.90 bits per heavy atom. The van der Waals surface area contributed by atoms with Crippen molar-refractivity contribution < 1.29 is 0 Å². The summed E-state index contributed by atoms with van der Waals surface area (Å²) in [6, 6.07) is 10.5. The van der Waals surface area contributed by atoms with Crippen LogP contribution in [0.3, 0.4) is 0 Å². The number of anilines is 1. The number of hydrogen-bond acceptors (Lipinski definition) is 2. The van der Waals surface area contributed by atoms with E-state index in [9.17, 15) is 0 Å². The van der Waals surface area contributed by atoms with E-state index in [2.05, 4.69) is 35.8 Å². The number of aryl methyl sites for hydroxylation is 1. The molecule has 0 spiro atoms. The molecule has 1 saturated carbocycles. The molecule has 0 aliphatic heterocycles. The van der Waals surface area contributed by atoms with E-state index in [-0.39, 0.29) is 0 Å².